The highest BCUT2D eigenvalue weighted by Crippen LogP contribution is 2.39. The molecule has 0 saturated carbocycles. The van der Waals surface area contributed by atoms with Crippen LogP contribution in [-0.2, 0) is 6.54 Å². The lowest BCUT2D eigenvalue weighted by atomic mass is 9.97. The van der Waals surface area contributed by atoms with Crippen LogP contribution in [0.15, 0.2) is 66.7 Å². The topological polar surface area (TPSA) is 40.3 Å². The number of rotatable bonds is 7. The normalized spacial score (nSPS) is 18.5. The molecule has 1 aliphatic heterocycles. The van der Waals surface area contributed by atoms with Crippen molar-refractivity contribution in [2.24, 2.45) is 0 Å². The van der Waals surface area contributed by atoms with E-state index in [4.69, 9.17) is 39.6 Å². The first-order valence-corrected chi connectivity index (χ1v) is 12.0. The standard InChI is InChI=1S/C27H27Cl2N3O2/c1-19-16-31(17-20-3-9-23(30-2)10-4-20)18-27(21-5-7-22(28)8-6-21)32(19)26-12-11-24(15-25(26)29)34-14-13-33/h3-12,15,19,27,33H,13-14,16-18H2,1H3/t19-,27-/m0/s1. The summed E-state index contributed by atoms with van der Waals surface area (Å²) in [5.41, 5.74) is 3.96. The van der Waals surface area contributed by atoms with Crippen LogP contribution in [0.4, 0.5) is 11.4 Å². The first-order chi connectivity index (χ1) is 16.5. The third kappa shape index (κ3) is 5.65. The lowest BCUT2D eigenvalue weighted by Crippen LogP contribution is -2.53. The van der Waals surface area contributed by atoms with Crippen LogP contribution in [0, 0.1) is 6.57 Å². The average Bonchev–Trinajstić information content (AvgIpc) is 2.84. The van der Waals surface area contributed by atoms with Crippen LogP contribution in [0.5, 0.6) is 5.75 Å². The number of piperazine rings is 1. The van der Waals surface area contributed by atoms with E-state index < -0.39 is 0 Å². The Morgan fingerprint density at radius 2 is 1.76 bits per heavy atom. The smallest absolute Gasteiger partial charge is 0.187 e. The largest absolute Gasteiger partial charge is 0.491 e. The molecule has 0 aromatic heterocycles. The van der Waals surface area contributed by atoms with Gasteiger partial charge in [-0.05, 0) is 42.3 Å². The molecule has 1 saturated heterocycles. The van der Waals surface area contributed by atoms with Gasteiger partial charge in [-0.3, -0.25) is 4.90 Å². The van der Waals surface area contributed by atoms with E-state index in [9.17, 15) is 0 Å². The molecule has 1 aliphatic rings. The minimum absolute atomic E-state index is 0.0440. The van der Waals surface area contributed by atoms with Gasteiger partial charge in [0.2, 0.25) is 0 Å². The summed E-state index contributed by atoms with van der Waals surface area (Å²) >= 11 is 12.9. The van der Waals surface area contributed by atoms with Crippen LogP contribution >= 0.6 is 23.2 Å². The van der Waals surface area contributed by atoms with E-state index in [0.29, 0.717) is 21.5 Å². The quantitative estimate of drug-likeness (QED) is 0.386. The molecule has 176 valence electrons. The molecular weight excluding hydrogens is 469 g/mol. The second-order valence-corrected chi connectivity index (χ2v) is 9.32. The second kappa shape index (κ2) is 11.1. The summed E-state index contributed by atoms with van der Waals surface area (Å²) in [6, 6.07) is 21.8. The van der Waals surface area contributed by atoms with Crippen molar-refractivity contribution in [3.05, 3.63) is 99.3 Å². The Kier molecular flexibility index (Phi) is 7.97. The van der Waals surface area contributed by atoms with Gasteiger partial charge in [0, 0.05) is 36.8 Å². The van der Waals surface area contributed by atoms with E-state index in [2.05, 4.69) is 33.7 Å². The minimum Gasteiger partial charge on any atom is -0.491 e. The van der Waals surface area contributed by atoms with Gasteiger partial charge in [0.25, 0.3) is 0 Å². The van der Waals surface area contributed by atoms with Crippen LogP contribution in [0.3, 0.4) is 0 Å². The number of hydrogen-bond acceptors (Lipinski definition) is 4. The van der Waals surface area contributed by atoms with Gasteiger partial charge in [-0.15, -0.1) is 0 Å². The highest BCUT2D eigenvalue weighted by atomic mass is 35.5. The number of ether oxygens (including phenoxy) is 1. The molecule has 34 heavy (non-hydrogen) atoms. The summed E-state index contributed by atoms with van der Waals surface area (Å²) < 4.78 is 5.54. The molecule has 0 bridgehead atoms. The Bertz CT molecular complexity index is 1150. The van der Waals surface area contributed by atoms with E-state index in [1.165, 1.54) is 11.1 Å². The molecule has 4 rings (SSSR count). The number of hydrogen-bond donors (Lipinski definition) is 1. The summed E-state index contributed by atoms with van der Waals surface area (Å²) in [6.07, 6.45) is 0. The van der Waals surface area contributed by atoms with Gasteiger partial charge in [-0.1, -0.05) is 59.6 Å². The fourth-order valence-corrected chi connectivity index (χ4v) is 4.94. The first-order valence-electron chi connectivity index (χ1n) is 11.2. The Morgan fingerprint density at radius 3 is 2.41 bits per heavy atom. The number of aliphatic hydroxyl groups excluding tert-OH is 1. The summed E-state index contributed by atoms with van der Waals surface area (Å²) in [7, 11) is 0. The molecule has 2 atom stereocenters. The summed E-state index contributed by atoms with van der Waals surface area (Å²) in [6.45, 7) is 12.1. The number of anilines is 1. The fraction of sp³-hybridized carbons (Fsp3) is 0.296. The van der Waals surface area contributed by atoms with Gasteiger partial charge in [-0.25, -0.2) is 4.85 Å². The highest BCUT2D eigenvalue weighted by molar-refractivity contribution is 6.33. The highest BCUT2D eigenvalue weighted by Gasteiger charge is 2.34. The molecule has 0 aliphatic carbocycles. The molecule has 3 aromatic carbocycles. The van der Waals surface area contributed by atoms with Crippen molar-refractivity contribution in [3.63, 3.8) is 0 Å². The Morgan fingerprint density at radius 1 is 1.03 bits per heavy atom. The summed E-state index contributed by atoms with van der Waals surface area (Å²) in [4.78, 5) is 8.31. The van der Waals surface area contributed by atoms with Crippen LogP contribution in [0.1, 0.15) is 24.1 Å². The van der Waals surface area contributed by atoms with Gasteiger partial charge < -0.3 is 14.7 Å². The van der Waals surface area contributed by atoms with Gasteiger partial charge in [0.05, 0.1) is 29.9 Å². The van der Waals surface area contributed by atoms with Gasteiger partial charge >= 0.3 is 0 Å². The van der Waals surface area contributed by atoms with Crippen LogP contribution < -0.4 is 9.64 Å². The second-order valence-electron chi connectivity index (χ2n) is 8.48. The number of halogens is 2. The molecule has 0 spiro atoms. The average molecular weight is 496 g/mol. The van der Waals surface area contributed by atoms with Crippen molar-refractivity contribution >= 4 is 34.6 Å². The predicted molar refractivity (Wildman–Crippen MR) is 138 cm³/mol. The van der Waals surface area contributed by atoms with Gasteiger partial charge in [-0.2, -0.15) is 0 Å². The molecule has 1 N–H and O–H groups in total. The first kappa shape index (κ1) is 24.4. The zero-order chi connectivity index (χ0) is 24.1. The van der Waals surface area contributed by atoms with Crippen LogP contribution in [-0.4, -0.2) is 42.4 Å². The molecule has 0 unspecified atom stereocenters. The maximum absolute atomic E-state index is 9.03. The number of benzene rings is 3. The van der Waals surface area contributed by atoms with E-state index in [-0.39, 0.29) is 25.3 Å². The number of nitrogens with zero attached hydrogens (tertiary/aromatic N) is 3. The molecule has 0 amide bonds. The molecule has 1 heterocycles. The zero-order valence-electron chi connectivity index (χ0n) is 19.0. The minimum atomic E-state index is -0.0440. The van der Waals surface area contributed by atoms with Crippen molar-refractivity contribution in [1.29, 1.82) is 0 Å². The Balaban J connectivity index is 1.63. The monoisotopic (exact) mass is 495 g/mol. The molecule has 1 fully saturated rings. The third-order valence-corrected chi connectivity index (χ3v) is 6.60. The van der Waals surface area contributed by atoms with Gasteiger partial charge in [0.15, 0.2) is 5.69 Å². The summed E-state index contributed by atoms with van der Waals surface area (Å²) in [5, 5.41) is 10.4. The fourth-order valence-electron chi connectivity index (χ4n) is 4.55. The summed E-state index contributed by atoms with van der Waals surface area (Å²) in [5.74, 6) is 0.639. The Labute approximate surface area is 210 Å². The maximum atomic E-state index is 9.03. The van der Waals surface area contributed by atoms with Crippen LogP contribution in [0.2, 0.25) is 10.0 Å². The van der Waals surface area contributed by atoms with E-state index >= 15 is 0 Å². The van der Waals surface area contributed by atoms with Crippen molar-refractivity contribution in [3.8, 4) is 5.75 Å². The predicted octanol–water partition coefficient (Wildman–Crippen LogP) is 6.37. The number of aliphatic hydroxyl groups is 1. The van der Waals surface area contributed by atoms with Gasteiger partial charge in [0.1, 0.15) is 12.4 Å². The van der Waals surface area contributed by atoms with E-state index in [1.807, 2.05) is 54.6 Å². The van der Waals surface area contributed by atoms with Crippen molar-refractivity contribution < 1.29 is 9.84 Å². The zero-order valence-corrected chi connectivity index (χ0v) is 20.5. The molecule has 0 radical (unpaired) electrons. The van der Waals surface area contributed by atoms with Crippen molar-refractivity contribution in [1.82, 2.24) is 4.90 Å². The lowest BCUT2D eigenvalue weighted by Gasteiger charge is -2.47. The molecule has 3 aromatic rings. The Hall–Kier alpha value is -2.75. The lowest BCUT2D eigenvalue weighted by molar-refractivity contribution is 0.187. The van der Waals surface area contributed by atoms with Crippen molar-refractivity contribution in [2.75, 3.05) is 31.2 Å². The maximum Gasteiger partial charge on any atom is 0.187 e. The molecule has 7 heteroatoms. The van der Waals surface area contributed by atoms with Crippen LogP contribution in [0.25, 0.3) is 4.85 Å². The van der Waals surface area contributed by atoms with Crippen molar-refractivity contribution in [2.45, 2.75) is 25.6 Å². The molecule has 5 nitrogen and oxygen atoms in total. The SMILES string of the molecule is [C-]#[N+]c1ccc(CN2C[C@H](C)N(c3ccc(OCCO)cc3Cl)[C@H](c3ccc(Cl)cc3)C2)cc1. The molecular formula is C27H27Cl2N3O2. The third-order valence-electron chi connectivity index (χ3n) is 6.05. The van der Waals surface area contributed by atoms with E-state index in [0.717, 1.165) is 25.3 Å². The van der Waals surface area contributed by atoms with E-state index in [1.54, 1.807) is 0 Å².